The number of nitriles is 1. The summed E-state index contributed by atoms with van der Waals surface area (Å²) in [4.78, 5) is 17.0. The number of hydrogen-bond acceptors (Lipinski definition) is 5. The minimum absolute atomic E-state index is 0.0597. The number of aryl methyl sites for hydroxylation is 1. The fourth-order valence-electron chi connectivity index (χ4n) is 3.51. The Hall–Kier alpha value is -2.89. The van der Waals surface area contributed by atoms with Crippen molar-refractivity contribution in [3.8, 4) is 6.07 Å². The molecule has 0 unspecified atom stereocenters. The van der Waals surface area contributed by atoms with Gasteiger partial charge in [0.2, 0.25) is 10.0 Å². The summed E-state index contributed by atoms with van der Waals surface area (Å²) in [5, 5.41) is 8.53. The lowest BCUT2D eigenvalue weighted by Crippen LogP contribution is -2.49. The quantitative estimate of drug-likeness (QED) is 0.716. The molecule has 7 nitrogen and oxygen atoms in total. The van der Waals surface area contributed by atoms with Crippen molar-refractivity contribution in [2.24, 2.45) is 0 Å². The Morgan fingerprint density at radius 3 is 2.37 bits per heavy atom. The van der Waals surface area contributed by atoms with Crippen LogP contribution in [0.3, 0.4) is 0 Å². The third-order valence-corrected chi connectivity index (χ3v) is 6.90. The highest BCUT2D eigenvalue weighted by atomic mass is 32.2. The van der Waals surface area contributed by atoms with Gasteiger partial charge in [-0.1, -0.05) is 12.1 Å². The minimum Gasteiger partial charge on any atom is -0.368 e. The van der Waals surface area contributed by atoms with Crippen LogP contribution in [0.25, 0.3) is 0 Å². The molecule has 1 amide bonds. The van der Waals surface area contributed by atoms with Gasteiger partial charge in [0.1, 0.15) is 0 Å². The molecule has 30 heavy (non-hydrogen) atoms. The van der Waals surface area contributed by atoms with Gasteiger partial charge in [-0.25, -0.2) is 13.1 Å². The summed E-state index contributed by atoms with van der Waals surface area (Å²) in [5.74, 6) is -0.1000. The molecule has 3 rings (SSSR count). The number of anilines is 1. The van der Waals surface area contributed by atoms with Crippen molar-refractivity contribution in [1.29, 1.82) is 5.26 Å². The summed E-state index contributed by atoms with van der Waals surface area (Å²) >= 11 is 0. The molecule has 1 saturated heterocycles. The SMILES string of the molecule is Cc1cccc(N2CCN(C(=O)c3ccc(S(=O)(=O)NCCC#N)cc3)CC2)c1C. The van der Waals surface area contributed by atoms with Gasteiger partial charge in [0.15, 0.2) is 0 Å². The molecule has 158 valence electrons. The van der Waals surface area contributed by atoms with Crippen molar-refractivity contribution in [2.75, 3.05) is 37.6 Å². The molecule has 0 aliphatic carbocycles. The molecule has 2 aromatic carbocycles. The molecule has 8 heteroatoms. The fourth-order valence-corrected chi connectivity index (χ4v) is 4.54. The first-order valence-corrected chi connectivity index (χ1v) is 11.4. The summed E-state index contributed by atoms with van der Waals surface area (Å²) in [5.41, 5.74) is 4.19. The van der Waals surface area contributed by atoms with Crippen molar-refractivity contribution in [3.63, 3.8) is 0 Å². The predicted octanol–water partition coefficient (Wildman–Crippen LogP) is 2.46. The zero-order valence-corrected chi connectivity index (χ0v) is 18.1. The van der Waals surface area contributed by atoms with E-state index in [2.05, 4.69) is 41.7 Å². The Labute approximate surface area is 178 Å². The molecule has 2 aromatic rings. The lowest BCUT2D eigenvalue weighted by Gasteiger charge is -2.37. The van der Waals surface area contributed by atoms with Crippen molar-refractivity contribution in [1.82, 2.24) is 9.62 Å². The van der Waals surface area contributed by atoms with Gasteiger partial charge in [0.25, 0.3) is 5.91 Å². The van der Waals surface area contributed by atoms with Gasteiger partial charge in [-0.05, 0) is 55.3 Å². The summed E-state index contributed by atoms with van der Waals surface area (Å²) in [6.07, 6.45) is 0.101. The highest BCUT2D eigenvalue weighted by Crippen LogP contribution is 2.24. The summed E-state index contributed by atoms with van der Waals surface area (Å²) < 4.78 is 26.7. The van der Waals surface area contributed by atoms with Gasteiger partial charge in [0, 0.05) is 50.4 Å². The van der Waals surface area contributed by atoms with Crippen LogP contribution in [0, 0.1) is 25.2 Å². The summed E-state index contributed by atoms with van der Waals surface area (Å²) in [6, 6.07) is 14.1. The van der Waals surface area contributed by atoms with E-state index in [0.717, 1.165) is 13.1 Å². The van der Waals surface area contributed by atoms with E-state index in [4.69, 9.17) is 5.26 Å². The van der Waals surface area contributed by atoms with E-state index in [1.54, 1.807) is 4.90 Å². The maximum atomic E-state index is 12.8. The molecular weight excluding hydrogens is 400 g/mol. The van der Waals surface area contributed by atoms with Gasteiger partial charge >= 0.3 is 0 Å². The number of sulfonamides is 1. The number of piperazine rings is 1. The Bertz CT molecular complexity index is 1050. The second kappa shape index (κ2) is 9.28. The van der Waals surface area contributed by atoms with Crippen LogP contribution >= 0.6 is 0 Å². The smallest absolute Gasteiger partial charge is 0.253 e. The van der Waals surface area contributed by atoms with E-state index in [1.807, 2.05) is 6.07 Å². The Morgan fingerprint density at radius 1 is 1.07 bits per heavy atom. The normalized spacial score (nSPS) is 14.4. The number of rotatable bonds is 6. The topological polar surface area (TPSA) is 93.5 Å². The van der Waals surface area contributed by atoms with Crippen LogP contribution in [0.1, 0.15) is 27.9 Å². The van der Waals surface area contributed by atoms with Crippen molar-refractivity contribution < 1.29 is 13.2 Å². The maximum Gasteiger partial charge on any atom is 0.253 e. The summed E-state index contributed by atoms with van der Waals surface area (Å²) in [6.45, 7) is 7.01. The van der Waals surface area contributed by atoms with Gasteiger partial charge in [-0.2, -0.15) is 5.26 Å². The first-order chi connectivity index (χ1) is 14.3. The molecule has 1 aliphatic heterocycles. The second-order valence-electron chi connectivity index (χ2n) is 7.33. The molecule has 1 fully saturated rings. The van der Waals surface area contributed by atoms with Crippen molar-refractivity contribution in [3.05, 3.63) is 59.2 Å². The van der Waals surface area contributed by atoms with E-state index < -0.39 is 10.0 Å². The Kier molecular flexibility index (Phi) is 6.75. The van der Waals surface area contributed by atoms with Gasteiger partial charge in [-0.15, -0.1) is 0 Å². The zero-order valence-electron chi connectivity index (χ0n) is 17.3. The highest BCUT2D eigenvalue weighted by Gasteiger charge is 2.24. The van der Waals surface area contributed by atoms with Crippen LogP contribution in [0.5, 0.6) is 0 Å². The van der Waals surface area contributed by atoms with Crippen LogP contribution < -0.4 is 9.62 Å². The summed E-state index contributed by atoms with van der Waals surface area (Å²) in [7, 11) is -3.68. The lowest BCUT2D eigenvalue weighted by atomic mass is 10.1. The van der Waals surface area contributed by atoms with Crippen LogP contribution in [-0.4, -0.2) is 51.9 Å². The van der Waals surface area contributed by atoms with Crippen LogP contribution in [0.2, 0.25) is 0 Å². The van der Waals surface area contributed by atoms with Crippen molar-refractivity contribution >= 4 is 21.6 Å². The van der Waals surface area contributed by atoms with Gasteiger partial charge in [0.05, 0.1) is 11.0 Å². The average Bonchev–Trinajstić information content (AvgIpc) is 2.75. The molecule has 0 spiro atoms. The van der Waals surface area contributed by atoms with E-state index in [-0.39, 0.29) is 23.8 Å². The number of amides is 1. The van der Waals surface area contributed by atoms with E-state index in [9.17, 15) is 13.2 Å². The number of nitrogens with zero attached hydrogens (tertiary/aromatic N) is 3. The maximum absolute atomic E-state index is 12.8. The molecule has 1 N–H and O–H groups in total. The Balaban J connectivity index is 1.63. The van der Waals surface area contributed by atoms with Crippen LogP contribution in [0.15, 0.2) is 47.4 Å². The van der Waals surface area contributed by atoms with Gasteiger partial charge in [-0.3, -0.25) is 4.79 Å². The highest BCUT2D eigenvalue weighted by molar-refractivity contribution is 7.89. The molecular formula is C22H26N4O3S. The monoisotopic (exact) mass is 426 g/mol. The molecule has 1 heterocycles. The largest absolute Gasteiger partial charge is 0.368 e. The fraction of sp³-hybridized carbons (Fsp3) is 0.364. The van der Waals surface area contributed by atoms with Crippen LogP contribution in [0.4, 0.5) is 5.69 Å². The van der Waals surface area contributed by atoms with Crippen LogP contribution in [-0.2, 0) is 10.0 Å². The van der Waals surface area contributed by atoms with E-state index >= 15 is 0 Å². The van der Waals surface area contributed by atoms with Crippen molar-refractivity contribution in [2.45, 2.75) is 25.2 Å². The predicted molar refractivity (Wildman–Crippen MR) is 116 cm³/mol. The molecule has 0 radical (unpaired) electrons. The first-order valence-electron chi connectivity index (χ1n) is 9.90. The number of hydrogen-bond donors (Lipinski definition) is 1. The second-order valence-corrected chi connectivity index (χ2v) is 9.10. The standard InChI is InChI=1S/C22H26N4O3S/c1-17-5-3-6-21(18(17)2)25-13-15-26(16-14-25)22(27)19-7-9-20(10-8-19)30(28,29)24-12-4-11-23/h3,5-10,24H,4,12-16H2,1-2H3. The zero-order chi connectivity index (χ0) is 21.7. The van der Waals surface area contributed by atoms with E-state index in [0.29, 0.717) is 18.7 Å². The molecule has 0 bridgehead atoms. The number of carbonyl (C=O) groups is 1. The number of benzene rings is 2. The third-order valence-electron chi connectivity index (χ3n) is 5.42. The molecule has 0 atom stereocenters. The van der Waals surface area contributed by atoms with Gasteiger partial charge < -0.3 is 9.80 Å². The Morgan fingerprint density at radius 2 is 1.73 bits per heavy atom. The average molecular weight is 427 g/mol. The number of nitrogens with one attached hydrogen (secondary N) is 1. The third kappa shape index (κ3) is 4.81. The number of carbonyl (C=O) groups excluding carboxylic acids is 1. The molecule has 0 saturated carbocycles. The minimum atomic E-state index is -3.68. The van der Waals surface area contributed by atoms with E-state index in [1.165, 1.54) is 41.1 Å². The first kappa shape index (κ1) is 21.8. The lowest BCUT2D eigenvalue weighted by molar-refractivity contribution is 0.0746. The molecule has 1 aliphatic rings. The molecule has 0 aromatic heterocycles.